The summed E-state index contributed by atoms with van der Waals surface area (Å²) in [5.41, 5.74) is 0.596. The van der Waals surface area contributed by atoms with Crippen molar-refractivity contribution in [1.82, 2.24) is 19.9 Å². The third kappa shape index (κ3) is 2.80. The van der Waals surface area contributed by atoms with Gasteiger partial charge in [0.2, 0.25) is 11.1 Å². The summed E-state index contributed by atoms with van der Waals surface area (Å²) in [7, 11) is 0. The van der Waals surface area contributed by atoms with Gasteiger partial charge in [-0.3, -0.25) is 0 Å². The first-order chi connectivity index (χ1) is 10.3. The van der Waals surface area contributed by atoms with Crippen molar-refractivity contribution >= 4 is 34.1 Å². The molecule has 22 heavy (non-hydrogen) atoms. The lowest BCUT2D eigenvalue weighted by Crippen LogP contribution is -2.06. The van der Waals surface area contributed by atoms with Crippen LogP contribution in [0, 0.1) is 5.82 Å². The second-order valence-electron chi connectivity index (χ2n) is 4.28. The van der Waals surface area contributed by atoms with E-state index in [2.05, 4.69) is 25.3 Å². The zero-order chi connectivity index (χ0) is 15.9. The second kappa shape index (κ2) is 5.09. The first kappa shape index (κ1) is 14.5. The lowest BCUT2D eigenvalue weighted by Gasteiger charge is -2.06. The number of nitrogens with zero attached hydrogens (tertiary/aromatic N) is 3. The van der Waals surface area contributed by atoms with Crippen LogP contribution in [0.4, 0.5) is 29.1 Å². The van der Waals surface area contributed by atoms with E-state index in [0.717, 1.165) is 6.20 Å². The van der Waals surface area contributed by atoms with Gasteiger partial charge in [-0.05, 0) is 29.8 Å². The number of anilines is 2. The molecular formula is C12H6ClF4N5. The maximum atomic E-state index is 13.5. The highest BCUT2D eigenvalue weighted by Gasteiger charge is 2.34. The molecule has 5 nitrogen and oxygen atoms in total. The van der Waals surface area contributed by atoms with Gasteiger partial charge >= 0.3 is 6.18 Å². The molecule has 0 spiro atoms. The summed E-state index contributed by atoms with van der Waals surface area (Å²) in [5.74, 6) is -2.04. The SMILES string of the molecule is Fc1cnc(Cl)nc1Nc1ccc2[nH]c(C(F)(F)F)nc2c1. The molecule has 0 atom stereocenters. The maximum absolute atomic E-state index is 13.5. The highest BCUT2D eigenvalue weighted by atomic mass is 35.5. The van der Waals surface area contributed by atoms with Crippen molar-refractivity contribution in [3.63, 3.8) is 0 Å². The molecule has 0 saturated carbocycles. The second-order valence-corrected chi connectivity index (χ2v) is 4.61. The van der Waals surface area contributed by atoms with Gasteiger partial charge in [-0.25, -0.2) is 14.4 Å². The van der Waals surface area contributed by atoms with Crippen molar-refractivity contribution in [3.05, 3.63) is 41.3 Å². The predicted molar refractivity (Wildman–Crippen MR) is 71.4 cm³/mol. The third-order valence-corrected chi connectivity index (χ3v) is 2.91. The summed E-state index contributed by atoms with van der Waals surface area (Å²) in [5, 5.41) is 2.44. The number of imidazole rings is 1. The highest BCUT2D eigenvalue weighted by Crippen LogP contribution is 2.29. The van der Waals surface area contributed by atoms with E-state index in [9.17, 15) is 17.6 Å². The van der Waals surface area contributed by atoms with Crippen LogP contribution in [0.1, 0.15) is 5.82 Å². The van der Waals surface area contributed by atoms with Gasteiger partial charge in [-0.1, -0.05) is 0 Å². The van der Waals surface area contributed by atoms with Gasteiger partial charge in [0.05, 0.1) is 17.2 Å². The Hall–Kier alpha value is -2.42. The average Bonchev–Trinajstić information content (AvgIpc) is 2.86. The molecule has 3 aromatic rings. The minimum absolute atomic E-state index is 0.0814. The molecule has 2 heterocycles. The van der Waals surface area contributed by atoms with E-state index < -0.39 is 17.8 Å². The number of fused-ring (bicyclic) bond motifs is 1. The summed E-state index contributed by atoms with van der Waals surface area (Å²) >= 11 is 5.56. The highest BCUT2D eigenvalue weighted by molar-refractivity contribution is 6.28. The van der Waals surface area contributed by atoms with Gasteiger partial charge in [-0.15, -0.1) is 0 Å². The molecule has 0 amide bonds. The normalized spacial score (nSPS) is 11.9. The average molecular weight is 332 g/mol. The Bertz CT molecular complexity index is 845. The number of benzene rings is 1. The summed E-state index contributed by atoms with van der Waals surface area (Å²) < 4.78 is 51.3. The quantitative estimate of drug-likeness (QED) is 0.552. The van der Waals surface area contributed by atoms with E-state index in [-0.39, 0.29) is 22.1 Å². The molecule has 1 aromatic carbocycles. The molecule has 0 fully saturated rings. The number of rotatable bonds is 2. The Kier molecular flexibility index (Phi) is 3.36. The van der Waals surface area contributed by atoms with Crippen LogP contribution in [0.3, 0.4) is 0 Å². The molecule has 10 heteroatoms. The van der Waals surface area contributed by atoms with Gasteiger partial charge in [0, 0.05) is 5.69 Å². The van der Waals surface area contributed by atoms with Crippen molar-refractivity contribution in [2.75, 3.05) is 5.32 Å². The van der Waals surface area contributed by atoms with Crippen LogP contribution < -0.4 is 5.32 Å². The van der Waals surface area contributed by atoms with E-state index >= 15 is 0 Å². The molecule has 0 saturated heterocycles. The van der Waals surface area contributed by atoms with Crippen LogP contribution in [0.2, 0.25) is 5.28 Å². The van der Waals surface area contributed by atoms with Gasteiger partial charge in [0.15, 0.2) is 11.6 Å². The summed E-state index contributed by atoms with van der Waals surface area (Å²) in [6, 6.07) is 4.17. The van der Waals surface area contributed by atoms with Crippen LogP contribution in [-0.2, 0) is 6.18 Å². The van der Waals surface area contributed by atoms with Crippen molar-refractivity contribution in [3.8, 4) is 0 Å². The minimum Gasteiger partial charge on any atom is -0.338 e. The Balaban J connectivity index is 1.96. The van der Waals surface area contributed by atoms with Crippen molar-refractivity contribution < 1.29 is 17.6 Å². The van der Waals surface area contributed by atoms with Crippen LogP contribution in [-0.4, -0.2) is 19.9 Å². The largest absolute Gasteiger partial charge is 0.449 e. The van der Waals surface area contributed by atoms with Crippen LogP contribution in [0.25, 0.3) is 11.0 Å². The van der Waals surface area contributed by atoms with Crippen LogP contribution in [0.15, 0.2) is 24.4 Å². The maximum Gasteiger partial charge on any atom is 0.449 e. The monoisotopic (exact) mass is 331 g/mol. The molecule has 114 valence electrons. The fourth-order valence-electron chi connectivity index (χ4n) is 1.79. The first-order valence-electron chi connectivity index (χ1n) is 5.85. The lowest BCUT2D eigenvalue weighted by atomic mass is 10.3. The molecule has 0 aliphatic carbocycles. The minimum atomic E-state index is -4.57. The Morgan fingerprint density at radius 2 is 1.95 bits per heavy atom. The molecule has 2 N–H and O–H groups in total. The van der Waals surface area contributed by atoms with Crippen molar-refractivity contribution in [1.29, 1.82) is 0 Å². The third-order valence-electron chi connectivity index (χ3n) is 2.73. The Morgan fingerprint density at radius 1 is 1.18 bits per heavy atom. The molecule has 2 aromatic heterocycles. The zero-order valence-electron chi connectivity index (χ0n) is 10.5. The van der Waals surface area contributed by atoms with Gasteiger partial charge in [0.25, 0.3) is 0 Å². The topological polar surface area (TPSA) is 66.5 Å². The van der Waals surface area contributed by atoms with E-state index in [4.69, 9.17) is 11.6 Å². The molecule has 0 aliphatic rings. The van der Waals surface area contributed by atoms with E-state index in [1.807, 2.05) is 0 Å². The Labute approximate surface area is 125 Å². The summed E-state index contributed by atoms with van der Waals surface area (Å²) in [6.07, 6.45) is -3.69. The number of H-pyrrole nitrogens is 1. The summed E-state index contributed by atoms with van der Waals surface area (Å²) in [6.45, 7) is 0. The molecule has 3 rings (SSSR count). The number of hydrogen-bond donors (Lipinski definition) is 2. The summed E-state index contributed by atoms with van der Waals surface area (Å²) in [4.78, 5) is 12.7. The van der Waals surface area contributed by atoms with Crippen molar-refractivity contribution in [2.45, 2.75) is 6.18 Å². The number of hydrogen-bond acceptors (Lipinski definition) is 4. The number of halogens is 5. The number of nitrogens with one attached hydrogen (secondary N) is 2. The van der Waals surface area contributed by atoms with E-state index in [1.54, 1.807) is 0 Å². The van der Waals surface area contributed by atoms with Crippen LogP contribution >= 0.6 is 11.6 Å². The number of alkyl halides is 3. The molecule has 0 aliphatic heterocycles. The first-order valence-corrected chi connectivity index (χ1v) is 6.23. The van der Waals surface area contributed by atoms with E-state index in [1.165, 1.54) is 18.2 Å². The predicted octanol–water partition coefficient (Wildman–Crippen LogP) is 3.91. The number of aromatic amines is 1. The fraction of sp³-hybridized carbons (Fsp3) is 0.0833. The number of aromatic nitrogens is 4. The van der Waals surface area contributed by atoms with Gasteiger partial charge < -0.3 is 10.3 Å². The van der Waals surface area contributed by atoms with E-state index in [0.29, 0.717) is 5.69 Å². The zero-order valence-corrected chi connectivity index (χ0v) is 11.3. The lowest BCUT2D eigenvalue weighted by molar-refractivity contribution is -0.144. The standard InChI is InChI=1S/C12H6ClF4N5/c13-11-18-4-6(14)9(22-11)19-5-1-2-7-8(3-5)21-10(20-7)12(15,16)17/h1-4H,(H,20,21)(H,18,19,22). The van der Waals surface area contributed by atoms with Gasteiger partial charge in [-0.2, -0.15) is 18.2 Å². The molecule has 0 unspecified atom stereocenters. The Morgan fingerprint density at radius 3 is 2.68 bits per heavy atom. The van der Waals surface area contributed by atoms with Crippen LogP contribution in [0.5, 0.6) is 0 Å². The van der Waals surface area contributed by atoms with Crippen molar-refractivity contribution in [2.24, 2.45) is 0 Å². The molecular weight excluding hydrogens is 326 g/mol. The molecule has 0 bridgehead atoms. The smallest absolute Gasteiger partial charge is 0.338 e. The molecule has 0 radical (unpaired) electrons. The fourth-order valence-corrected chi connectivity index (χ4v) is 1.92. The van der Waals surface area contributed by atoms with Gasteiger partial charge in [0.1, 0.15) is 0 Å².